The number of carbonyl (C=O) groups excluding carboxylic acids is 1. The van der Waals surface area contributed by atoms with Crippen LogP contribution in [0.4, 0.5) is 10.5 Å². The van der Waals surface area contributed by atoms with Crippen molar-refractivity contribution in [2.24, 2.45) is 5.92 Å². The van der Waals surface area contributed by atoms with E-state index in [0.29, 0.717) is 18.0 Å². The summed E-state index contributed by atoms with van der Waals surface area (Å²) in [6.45, 7) is 1.43. The van der Waals surface area contributed by atoms with E-state index in [1.54, 1.807) is 0 Å². The quantitative estimate of drug-likeness (QED) is 0.640. The first kappa shape index (κ1) is 23.4. The van der Waals surface area contributed by atoms with Crippen LogP contribution in [0, 0.1) is 5.92 Å². The molecule has 0 aromatic heterocycles. The molecule has 2 aliphatic carbocycles. The molecule has 1 heterocycles. The maximum atomic E-state index is 13.8. The predicted molar refractivity (Wildman–Crippen MR) is 136 cm³/mol. The van der Waals surface area contributed by atoms with Crippen LogP contribution in [-0.4, -0.2) is 51.3 Å². The Hall–Kier alpha value is -2.38. The highest BCUT2D eigenvalue weighted by Crippen LogP contribution is 2.49. The Balaban J connectivity index is 1.46. The van der Waals surface area contributed by atoms with E-state index in [2.05, 4.69) is 40.5 Å². The van der Waals surface area contributed by atoms with Gasteiger partial charge in [0.05, 0.1) is 17.8 Å². The second kappa shape index (κ2) is 8.68. The number of hydrogen-bond acceptors (Lipinski definition) is 4. The zero-order valence-corrected chi connectivity index (χ0v) is 21.0. The Morgan fingerprint density at radius 2 is 1.62 bits per heavy atom. The Labute approximate surface area is 203 Å². The maximum absolute atomic E-state index is 13.8. The normalized spacial score (nSPS) is 27.5. The van der Waals surface area contributed by atoms with Crippen molar-refractivity contribution in [2.45, 2.75) is 55.4 Å². The van der Waals surface area contributed by atoms with Gasteiger partial charge in [-0.2, -0.15) is 0 Å². The molecule has 5 rings (SSSR count). The number of hydrogen-bond donors (Lipinski definition) is 1. The van der Waals surface area contributed by atoms with E-state index in [1.807, 2.05) is 36.2 Å². The molecule has 7 heteroatoms. The van der Waals surface area contributed by atoms with Crippen molar-refractivity contribution in [3.8, 4) is 0 Å². The molecule has 2 saturated carbocycles. The average Bonchev–Trinajstić information content (AvgIpc) is 3.61. The number of anilines is 1. The van der Waals surface area contributed by atoms with Crippen LogP contribution >= 0.6 is 0 Å². The van der Waals surface area contributed by atoms with Crippen LogP contribution in [-0.2, 0) is 21.1 Å². The highest BCUT2D eigenvalue weighted by atomic mass is 32.2. The second-order valence-corrected chi connectivity index (χ2v) is 12.7. The number of nitrogens with one attached hydrogen (secondary N) is 1. The van der Waals surface area contributed by atoms with Crippen molar-refractivity contribution in [1.82, 2.24) is 10.2 Å². The first-order valence-electron chi connectivity index (χ1n) is 12.3. The van der Waals surface area contributed by atoms with Crippen molar-refractivity contribution in [3.05, 3.63) is 65.7 Å². The molecular formula is C27H35N3O3S. The molecule has 1 spiro atoms. The van der Waals surface area contributed by atoms with Crippen molar-refractivity contribution >= 4 is 21.6 Å². The fraction of sp³-hybridized carbons (Fsp3) is 0.519. The molecule has 3 fully saturated rings. The van der Waals surface area contributed by atoms with Gasteiger partial charge in [-0.15, -0.1) is 0 Å². The van der Waals surface area contributed by atoms with Gasteiger partial charge in [-0.3, -0.25) is 4.90 Å². The van der Waals surface area contributed by atoms with Gasteiger partial charge in [-0.05, 0) is 68.7 Å². The molecule has 1 aliphatic heterocycles. The Kier molecular flexibility index (Phi) is 5.97. The van der Waals surface area contributed by atoms with Gasteiger partial charge in [0.1, 0.15) is 0 Å². The van der Waals surface area contributed by atoms with E-state index < -0.39 is 9.84 Å². The lowest BCUT2D eigenvalue weighted by Gasteiger charge is -2.48. The van der Waals surface area contributed by atoms with Gasteiger partial charge < -0.3 is 10.2 Å². The molecule has 6 nitrogen and oxygen atoms in total. The van der Waals surface area contributed by atoms with Crippen molar-refractivity contribution in [1.29, 1.82) is 0 Å². The molecule has 3 aliphatic rings. The molecule has 34 heavy (non-hydrogen) atoms. The lowest BCUT2D eigenvalue weighted by atomic mass is 9.69. The molecule has 0 bridgehead atoms. The summed E-state index contributed by atoms with van der Waals surface area (Å²) in [4.78, 5) is 17.9. The molecule has 0 atom stereocenters. The minimum absolute atomic E-state index is 0.0320. The number of nitrogens with zero attached hydrogens (tertiary/aromatic N) is 2. The lowest BCUT2D eigenvalue weighted by Crippen LogP contribution is -2.55. The van der Waals surface area contributed by atoms with Crippen LogP contribution in [0.2, 0.25) is 0 Å². The first-order chi connectivity index (χ1) is 16.3. The summed E-state index contributed by atoms with van der Waals surface area (Å²) in [5.74, 6) is 0.538. The Bertz CT molecular complexity index is 1150. The molecule has 2 aromatic carbocycles. The molecule has 0 radical (unpaired) electrons. The third-order valence-electron chi connectivity index (χ3n) is 8.16. The number of carbonyl (C=O) groups is 1. The third kappa shape index (κ3) is 4.36. The summed E-state index contributed by atoms with van der Waals surface area (Å²) in [7, 11) is -1.17. The van der Waals surface area contributed by atoms with E-state index in [4.69, 9.17) is 0 Å². The van der Waals surface area contributed by atoms with Gasteiger partial charge in [0, 0.05) is 24.0 Å². The zero-order valence-electron chi connectivity index (χ0n) is 20.2. The highest BCUT2D eigenvalue weighted by Gasteiger charge is 2.55. The van der Waals surface area contributed by atoms with E-state index in [9.17, 15) is 13.2 Å². The van der Waals surface area contributed by atoms with Crippen LogP contribution in [0.25, 0.3) is 0 Å². The summed E-state index contributed by atoms with van der Waals surface area (Å²) < 4.78 is 24.2. The van der Waals surface area contributed by atoms with E-state index in [0.717, 1.165) is 37.9 Å². The number of para-hydroxylation sites is 1. The van der Waals surface area contributed by atoms with Crippen LogP contribution < -0.4 is 10.2 Å². The smallest absolute Gasteiger partial charge is 0.317 e. The summed E-state index contributed by atoms with van der Waals surface area (Å²) in [5.41, 5.74) is 2.45. The van der Waals surface area contributed by atoms with E-state index >= 15 is 0 Å². The number of amides is 2. The highest BCUT2D eigenvalue weighted by molar-refractivity contribution is 7.89. The van der Waals surface area contributed by atoms with Gasteiger partial charge in [0.25, 0.3) is 0 Å². The van der Waals surface area contributed by atoms with Gasteiger partial charge in [0.2, 0.25) is 0 Å². The zero-order chi connectivity index (χ0) is 24.0. The number of sulfone groups is 1. The average molecular weight is 482 g/mol. The predicted octanol–water partition coefficient (Wildman–Crippen LogP) is 4.31. The summed E-state index contributed by atoms with van der Waals surface area (Å²) in [5, 5.41) is 3.61. The fourth-order valence-electron chi connectivity index (χ4n) is 6.00. The minimum Gasteiger partial charge on any atom is -0.317 e. The molecule has 2 amide bonds. The van der Waals surface area contributed by atoms with Crippen LogP contribution in [0.3, 0.4) is 0 Å². The van der Waals surface area contributed by atoms with E-state index in [1.165, 1.54) is 24.7 Å². The number of benzene rings is 2. The fourth-order valence-corrected chi connectivity index (χ4v) is 6.81. The van der Waals surface area contributed by atoms with Crippen molar-refractivity contribution < 1.29 is 13.2 Å². The largest absolute Gasteiger partial charge is 0.325 e. The van der Waals surface area contributed by atoms with Gasteiger partial charge in [-0.1, -0.05) is 48.5 Å². The second-order valence-electron chi connectivity index (χ2n) is 10.5. The van der Waals surface area contributed by atoms with Gasteiger partial charge >= 0.3 is 6.03 Å². The van der Waals surface area contributed by atoms with E-state index in [-0.39, 0.29) is 22.9 Å². The molecule has 0 unspecified atom stereocenters. The molecular weight excluding hydrogens is 446 g/mol. The lowest BCUT2D eigenvalue weighted by molar-refractivity contribution is 0.0762. The first-order valence-corrected chi connectivity index (χ1v) is 14.4. The van der Waals surface area contributed by atoms with Crippen LogP contribution in [0.1, 0.15) is 49.7 Å². The molecule has 1 N–H and O–H groups in total. The summed E-state index contributed by atoms with van der Waals surface area (Å²) in [6.07, 6.45) is 7.39. The Morgan fingerprint density at radius 1 is 0.971 bits per heavy atom. The topological polar surface area (TPSA) is 69.7 Å². The van der Waals surface area contributed by atoms with Crippen LogP contribution in [0.5, 0.6) is 0 Å². The number of urea groups is 1. The molecule has 2 aromatic rings. The van der Waals surface area contributed by atoms with Gasteiger partial charge in [0.15, 0.2) is 9.84 Å². The summed E-state index contributed by atoms with van der Waals surface area (Å²) in [6, 6.07) is 18.2. The monoisotopic (exact) mass is 481 g/mol. The standard InChI is InChI=1S/C27H35N3O3S/c1-28-27(23-9-4-3-5-10-23)16-14-26(15-17-27)20-29(25(31)30(26)18-21-12-13-21)24-11-7-6-8-22(24)19-34(2,32)33/h3-11,21,28H,12-20H2,1-2H3. The summed E-state index contributed by atoms with van der Waals surface area (Å²) >= 11 is 0. The van der Waals surface area contributed by atoms with Crippen LogP contribution in [0.15, 0.2) is 54.6 Å². The SMILES string of the molecule is CNC1(c2ccccc2)CCC2(CC1)CN(c1ccccc1CS(C)(=O)=O)C(=O)N2CC1CC1. The Morgan fingerprint density at radius 3 is 2.24 bits per heavy atom. The number of rotatable bonds is 7. The molecule has 182 valence electrons. The van der Waals surface area contributed by atoms with Crippen molar-refractivity contribution in [2.75, 3.05) is 31.3 Å². The third-order valence-corrected chi connectivity index (χ3v) is 9.00. The molecule has 1 saturated heterocycles. The minimum atomic E-state index is -3.21. The van der Waals surface area contributed by atoms with Gasteiger partial charge in [-0.25, -0.2) is 13.2 Å². The van der Waals surface area contributed by atoms with Crippen molar-refractivity contribution in [3.63, 3.8) is 0 Å². The maximum Gasteiger partial charge on any atom is 0.325 e.